The van der Waals surface area contributed by atoms with Gasteiger partial charge in [-0.05, 0) is 63.7 Å². The van der Waals surface area contributed by atoms with Crippen LogP contribution in [0.15, 0.2) is 36.4 Å². The molecule has 0 N–H and O–H groups in total. The van der Waals surface area contributed by atoms with Gasteiger partial charge in [-0.25, -0.2) is 0 Å². The minimum Gasteiger partial charge on any atom is -0.342 e. The number of carbonyl (C=O) groups excluding carboxylic acids is 1. The van der Waals surface area contributed by atoms with Crippen LogP contribution in [0.5, 0.6) is 0 Å². The molecule has 4 nitrogen and oxygen atoms in total. The Morgan fingerprint density at radius 1 is 0.929 bits per heavy atom. The van der Waals surface area contributed by atoms with Gasteiger partial charge in [-0.1, -0.05) is 42.5 Å². The maximum absolute atomic E-state index is 12.8. The first kappa shape index (κ1) is 19.7. The summed E-state index contributed by atoms with van der Waals surface area (Å²) in [6, 6.07) is 11.2. The highest BCUT2D eigenvalue weighted by Crippen LogP contribution is 2.26. The SMILES string of the molecule is O=C([C@@H]1CCCN(C2CCN(C/C=C/c3ccccc3)CC2)C1)N1CCCC1. The number of carbonyl (C=O) groups is 1. The standard InChI is InChI=1S/C24H35N3O/c28-24(26-15-4-5-16-26)22-11-7-17-27(20-22)23-12-18-25(19-13-23)14-6-10-21-8-2-1-3-9-21/h1-3,6,8-10,22-23H,4-5,7,11-20H2/b10-6+/t22-/m1/s1. The van der Waals surface area contributed by atoms with Gasteiger partial charge in [0.15, 0.2) is 0 Å². The molecule has 4 rings (SSSR count). The number of hydrogen-bond acceptors (Lipinski definition) is 3. The van der Waals surface area contributed by atoms with Gasteiger partial charge in [-0.3, -0.25) is 14.6 Å². The fourth-order valence-corrected chi connectivity index (χ4v) is 5.10. The van der Waals surface area contributed by atoms with E-state index in [9.17, 15) is 4.79 Å². The van der Waals surface area contributed by atoms with Crippen molar-refractivity contribution in [1.82, 2.24) is 14.7 Å². The molecule has 3 fully saturated rings. The van der Waals surface area contributed by atoms with E-state index < -0.39 is 0 Å². The molecule has 1 atom stereocenters. The summed E-state index contributed by atoms with van der Waals surface area (Å²) in [5, 5.41) is 0. The molecule has 4 heteroatoms. The first-order valence-electron chi connectivity index (χ1n) is 11.3. The zero-order valence-electron chi connectivity index (χ0n) is 17.1. The third-order valence-corrected chi connectivity index (χ3v) is 6.77. The lowest BCUT2D eigenvalue weighted by atomic mass is 9.93. The van der Waals surface area contributed by atoms with Crippen molar-refractivity contribution in [2.45, 2.75) is 44.6 Å². The van der Waals surface area contributed by atoms with Gasteiger partial charge >= 0.3 is 0 Å². The Morgan fingerprint density at radius 3 is 2.43 bits per heavy atom. The van der Waals surface area contributed by atoms with E-state index in [1.165, 1.54) is 57.3 Å². The molecule has 0 radical (unpaired) electrons. The van der Waals surface area contributed by atoms with Gasteiger partial charge < -0.3 is 4.90 Å². The summed E-state index contributed by atoms with van der Waals surface area (Å²) in [6.45, 7) is 7.54. The number of hydrogen-bond donors (Lipinski definition) is 0. The summed E-state index contributed by atoms with van der Waals surface area (Å²) in [5.74, 6) is 0.685. The fourth-order valence-electron chi connectivity index (χ4n) is 5.10. The van der Waals surface area contributed by atoms with E-state index in [1.54, 1.807) is 0 Å². The molecule has 3 saturated heterocycles. The molecule has 28 heavy (non-hydrogen) atoms. The Hall–Kier alpha value is -1.65. The molecule has 1 aromatic carbocycles. The molecule has 152 valence electrons. The van der Waals surface area contributed by atoms with Crippen molar-refractivity contribution in [2.24, 2.45) is 5.92 Å². The molecule has 3 heterocycles. The molecular formula is C24H35N3O. The van der Waals surface area contributed by atoms with Crippen LogP contribution in [0.4, 0.5) is 0 Å². The third-order valence-electron chi connectivity index (χ3n) is 6.77. The van der Waals surface area contributed by atoms with Crippen molar-refractivity contribution < 1.29 is 4.79 Å². The van der Waals surface area contributed by atoms with Crippen LogP contribution >= 0.6 is 0 Å². The molecular weight excluding hydrogens is 346 g/mol. The Morgan fingerprint density at radius 2 is 1.68 bits per heavy atom. The number of amides is 1. The van der Waals surface area contributed by atoms with Crippen molar-refractivity contribution in [3.63, 3.8) is 0 Å². The fraction of sp³-hybridized carbons (Fsp3) is 0.625. The first-order chi connectivity index (χ1) is 13.8. The summed E-state index contributed by atoms with van der Waals surface area (Å²) in [4.78, 5) is 20.1. The first-order valence-corrected chi connectivity index (χ1v) is 11.3. The lowest BCUT2D eigenvalue weighted by Crippen LogP contribution is -2.51. The van der Waals surface area contributed by atoms with E-state index in [0.717, 1.165) is 32.6 Å². The van der Waals surface area contributed by atoms with E-state index in [-0.39, 0.29) is 5.92 Å². The maximum Gasteiger partial charge on any atom is 0.226 e. The molecule has 3 aliphatic rings. The Balaban J connectivity index is 1.22. The van der Waals surface area contributed by atoms with Crippen LogP contribution in [0.2, 0.25) is 0 Å². The van der Waals surface area contributed by atoms with Gasteiger partial charge in [0.2, 0.25) is 5.91 Å². The number of likely N-dealkylation sites (tertiary alicyclic amines) is 3. The lowest BCUT2D eigenvalue weighted by molar-refractivity contribution is -0.136. The van der Waals surface area contributed by atoms with Crippen molar-refractivity contribution >= 4 is 12.0 Å². The number of nitrogens with zero attached hydrogens (tertiary/aromatic N) is 3. The number of rotatable bonds is 5. The second-order valence-corrected chi connectivity index (χ2v) is 8.71. The predicted octanol–water partition coefficient (Wildman–Crippen LogP) is 3.50. The predicted molar refractivity (Wildman–Crippen MR) is 115 cm³/mol. The highest BCUT2D eigenvalue weighted by molar-refractivity contribution is 5.79. The molecule has 1 amide bonds. The third kappa shape index (κ3) is 5.03. The van der Waals surface area contributed by atoms with Crippen molar-refractivity contribution in [3.8, 4) is 0 Å². The van der Waals surface area contributed by atoms with Gasteiger partial charge in [0.25, 0.3) is 0 Å². The summed E-state index contributed by atoms with van der Waals surface area (Å²) in [7, 11) is 0. The molecule has 0 bridgehead atoms. The molecule has 0 saturated carbocycles. The van der Waals surface area contributed by atoms with Gasteiger partial charge in [0, 0.05) is 32.2 Å². The second-order valence-electron chi connectivity index (χ2n) is 8.71. The van der Waals surface area contributed by atoms with Crippen LogP contribution < -0.4 is 0 Å². The molecule has 0 aliphatic carbocycles. The summed E-state index contributed by atoms with van der Waals surface area (Å²) >= 11 is 0. The maximum atomic E-state index is 12.8. The van der Waals surface area contributed by atoms with Gasteiger partial charge in [0.1, 0.15) is 0 Å². The molecule has 0 unspecified atom stereocenters. The van der Waals surface area contributed by atoms with Gasteiger partial charge in [0.05, 0.1) is 5.92 Å². The molecule has 1 aromatic rings. The van der Waals surface area contributed by atoms with Crippen molar-refractivity contribution in [3.05, 3.63) is 42.0 Å². The number of benzene rings is 1. The van der Waals surface area contributed by atoms with Crippen molar-refractivity contribution in [2.75, 3.05) is 45.8 Å². The summed E-state index contributed by atoms with van der Waals surface area (Å²) in [6.07, 6.45) is 11.7. The minimum absolute atomic E-state index is 0.249. The Bertz CT molecular complexity index is 645. The average Bonchev–Trinajstić information content (AvgIpc) is 3.30. The average molecular weight is 382 g/mol. The van der Waals surface area contributed by atoms with E-state index >= 15 is 0 Å². The van der Waals surface area contributed by atoms with Crippen LogP contribution in [0, 0.1) is 5.92 Å². The van der Waals surface area contributed by atoms with Gasteiger partial charge in [-0.2, -0.15) is 0 Å². The van der Waals surface area contributed by atoms with Crippen LogP contribution in [0.25, 0.3) is 6.08 Å². The van der Waals surface area contributed by atoms with Crippen LogP contribution in [0.1, 0.15) is 44.1 Å². The largest absolute Gasteiger partial charge is 0.342 e. The molecule has 3 aliphatic heterocycles. The second kappa shape index (κ2) is 9.71. The van der Waals surface area contributed by atoms with Crippen LogP contribution in [0.3, 0.4) is 0 Å². The molecule has 0 aromatic heterocycles. The summed E-state index contributed by atoms with van der Waals surface area (Å²) < 4.78 is 0. The highest BCUT2D eigenvalue weighted by atomic mass is 16.2. The quantitative estimate of drug-likeness (QED) is 0.781. The van der Waals surface area contributed by atoms with E-state index in [1.807, 2.05) is 0 Å². The summed E-state index contributed by atoms with van der Waals surface area (Å²) in [5.41, 5.74) is 1.28. The smallest absolute Gasteiger partial charge is 0.226 e. The Labute approximate surface area is 170 Å². The highest BCUT2D eigenvalue weighted by Gasteiger charge is 2.33. The van der Waals surface area contributed by atoms with E-state index in [2.05, 4.69) is 57.2 Å². The lowest BCUT2D eigenvalue weighted by Gasteiger charge is -2.42. The van der Waals surface area contributed by atoms with Gasteiger partial charge in [-0.15, -0.1) is 0 Å². The van der Waals surface area contributed by atoms with Crippen LogP contribution in [-0.4, -0.2) is 72.5 Å². The minimum atomic E-state index is 0.249. The molecule has 0 spiro atoms. The topological polar surface area (TPSA) is 26.8 Å². The van der Waals surface area contributed by atoms with Crippen molar-refractivity contribution in [1.29, 1.82) is 0 Å². The zero-order valence-corrected chi connectivity index (χ0v) is 17.1. The zero-order chi connectivity index (χ0) is 19.2. The number of piperidine rings is 2. The van der Waals surface area contributed by atoms with E-state index in [0.29, 0.717) is 11.9 Å². The van der Waals surface area contributed by atoms with E-state index in [4.69, 9.17) is 0 Å². The van der Waals surface area contributed by atoms with Crippen LogP contribution in [-0.2, 0) is 4.79 Å². The monoisotopic (exact) mass is 381 g/mol. The Kier molecular flexibility index (Phi) is 6.81. The normalized spacial score (nSPS) is 25.6.